The van der Waals surface area contributed by atoms with Gasteiger partial charge in [-0.05, 0) is 62.1 Å². The van der Waals surface area contributed by atoms with E-state index in [1.165, 1.54) is 22.4 Å². The van der Waals surface area contributed by atoms with Gasteiger partial charge < -0.3 is 20.1 Å². The summed E-state index contributed by atoms with van der Waals surface area (Å²) in [7, 11) is 2.17. The molecule has 3 aromatic rings. The molecule has 0 unspecified atom stereocenters. The first-order valence-corrected chi connectivity index (χ1v) is 12.0. The Morgan fingerprint density at radius 1 is 1.03 bits per heavy atom. The van der Waals surface area contributed by atoms with E-state index in [4.69, 9.17) is 9.97 Å². The van der Waals surface area contributed by atoms with Crippen molar-refractivity contribution in [3.63, 3.8) is 0 Å². The molecule has 1 amide bonds. The first-order chi connectivity index (χ1) is 16.1. The molecule has 0 atom stereocenters. The van der Waals surface area contributed by atoms with Crippen molar-refractivity contribution in [1.29, 1.82) is 0 Å². The van der Waals surface area contributed by atoms with Gasteiger partial charge in [0.15, 0.2) is 0 Å². The second kappa shape index (κ2) is 6.90. The van der Waals surface area contributed by atoms with Crippen LogP contribution in [0, 0.1) is 0 Å². The Labute approximate surface area is 193 Å². The second-order valence-electron chi connectivity index (χ2n) is 10.1. The summed E-state index contributed by atoms with van der Waals surface area (Å²) in [6.07, 6.45) is 8.06. The molecule has 4 aliphatic rings. The summed E-state index contributed by atoms with van der Waals surface area (Å²) in [6.45, 7) is 4.91. The van der Waals surface area contributed by atoms with Crippen molar-refractivity contribution in [3.8, 4) is 22.5 Å². The largest absolute Gasteiger partial charge is 0.357 e. The van der Waals surface area contributed by atoms with E-state index >= 15 is 0 Å². The van der Waals surface area contributed by atoms with Gasteiger partial charge in [-0.3, -0.25) is 9.78 Å². The lowest BCUT2D eigenvalue weighted by Crippen LogP contribution is -2.44. The molecular formula is C26H28N6O. The lowest BCUT2D eigenvalue weighted by molar-refractivity contribution is 0.0936. The number of carbonyl (C=O) groups is 1. The fourth-order valence-corrected chi connectivity index (χ4v) is 5.76. The van der Waals surface area contributed by atoms with Crippen LogP contribution in [0.25, 0.3) is 22.5 Å². The predicted molar refractivity (Wildman–Crippen MR) is 128 cm³/mol. The van der Waals surface area contributed by atoms with Crippen LogP contribution < -0.4 is 10.2 Å². The minimum atomic E-state index is 0.0847. The van der Waals surface area contributed by atoms with Crippen LogP contribution in [0.5, 0.6) is 0 Å². The zero-order valence-corrected chi connectivity index (χ0v) is 18.9. The van der Waals surface area contributed by atoms with Gasteiger partial charge in [-0.15, -0.1) is 0 Å². The molecule has 0 bridgehead atoms. The van der Waals surface area contributed by atoms with E-state index in [0.717, 1.165) is 86.7 Å². The van der Waals surface area contributed by atoms with E-state index < -0.39 is 0 Å². The highest BCUT2D eigenvalue weighted by Crippen LogP contribution is 2.52. The van der Waals surface area contributed by atoms with Gasteiger partial charge in [-0.2, -0.15) is 0 Å². The number of piperazine rings is 1. The molecule has 2 aliphatic carbocycles. The molecule has 7 nitrogen and oxygen atoms in total. The molecule has 5 heterocycles. The van der Waals surface area contributed by atoms with E-state index in [1.807, 2.05) is 12.4 Å². The number of aromatic nitrogens is 3. The third-order valence-electron chi connectivity index (χ3n) is 8.07. The summed E-state index contributed by atoms with van der Waals surface area (Å²) in [6, 6.07) is 6.42. The number of amides is 1. The van der Waals surface area contributed by atoms with Gasteiger partial charge >= 0.3 is 0 Å². The van der Waals surface area contributed by atoms with Crippen LogP contribution >= 0.6 is 0 Å². The number of fused-ring (bicyclic) bond motifs is 6. The van der Waals surface area contributed by atoms with E-state index in [-0.39, 0.29) is 11.3 Å². The number of pyridine rings is 2. The molecule has 1 saturated heterocycles. The average molecular weight is 441 g/mol. The molecule has 1 saturated carbocycles. The maximum absolute atomic E-state index is 12.8. The number of carbonyl (C=O) groups excluding carboxylic acids is 1. The molecule has 3 aromatic heterocycles. The van der Waals surface area contributed by atoms with E-state index in [2.05, 4.69) is 45.3 Å². The minimum absolute atomic E-state index is 0.0847. The maximum atomic E-state index is 12.8. The minimum Gasteiger partial charge on any atom is -0.357 e. The lowest BCUT2D eigenvalue weighted by atomic mass is 9.86. The highest BCUT2D eigenvalue weighted by molar-refractivity contribution is 6.01. The van der Waals surface area contributed by atoms with Gasteiger partial charge in [-0.1, -0.05) is 0 Å². The number of aryl methyl sites for hydroxylation is 1. The van der Waals surface area contributed by atoms with Gasteiger partial charge in [0.1, 0.15) is 5.82 Å². The van der Waals surface area contributed by atoms with Gasteiger partial charge in [0.2, 0.25) is 0 Å². The van der Waals surface area contributed by atoms with Gasteiger partial charge in [-0.25, -0.2) is 4.98 Å². The number of hydrogen-bond acceptors (Lipinski definition) is 5. The summed E-state index contributed by atoms with van der Waals surface area (Å²) in [5, 5.41) is 3.14. The Bertz CT molecular complexity index is 1260. The van der Waals surface area contributed by atoms with Crippen molar-refractivity contribution in [1.82, 2.24) is 25.2 Å². The normalized spacial score (nSPS) is 20.8. The summed E-state index contributed by atoms with van der Waals surface area (Å²) >= 11 is 0. The first kappa shape index (κ1) is 19.3. The molecule has 7 rings (SSSR count). The smallest absolute Gasteiger partial charge is 0.253 e. The van der Waals surface area contributed by atoms with Crippen molar-refractivity contribution in [3.05, 3.63) is 53.0 Å². The third kappa shape index (κ3) is 2.95. The lowest BCUT2D eigenvalue weighted by Gasteiger charge is -2.33. The maximum Gasteiger partial charge on any atom is 0.253 e. The number of anilines is 1. The van der Waals surface area contributed by atoms with Crippen LogP contribution in [0.2, 0.25) is 0 Å². The Hall–Kier alpha value is -3.19. The first-order valence-electron chi connectivity index (χ1n) is 12.0. The monoisotopic (exact) mass is 440 g/mol. The molecule has 1 spiro atoms. The third-order valence-corrected chi connectivity index (χ3v) is 8.07. The van der Waals surface area contributed by atoms with Crippen LogP contribution in [-0.2, 0) is 18.3 Å². The zero-order chi connectivity index (χ0) is 22.2. The fraction of sp³-hybridized carbons (Fsp3) is 0.423. The molecular weight excluding hydrogens is 412 g/mol. The number of aromatic amines is 1. The van der Waals surface area contributed by atoms with Crippen molar-refractivity contribution < 1.29 is 4.79 Å². The summed E-state index contributed by atoms with van der Waals surface area (Å²) in [5.74, 6) is 1.12. The van der Waals surface area contributed by atoms with Gasteiger partial charge in [0, 0.05) is 67.4 Å². The van der Waals surface area contributed by atoms with Crippen LogP contribution in [0.3, 0.4) is 0 Å². The summed E-state index contributed by atoms with van der Waals surface area (Å²) in [4.78, 5) is 30.7. The van der Waals surface area contributed by atoms with Crippen molar-refractivity contribution in [2.75, 3.05) is 44.7 Å². The predicted octanol–water partition coefficient (Wildman–Crippen LogP) is 2.76. The number of H-pyrrole nitrogens is 1. The van der Waals surface area contributed by atoms with Gasteiger partial charge in [0.25, 0.3) is 5.91 Å². The highest BCUT2D eigenvalue weighted by atomic mass is 16.1. The number of rotatable bonds is 2. The average Bonchev–Trinajstić information content (AvgIpc) is 3.51. The Kier molecular flexibility index (Phi) is 4.04. The van der Waals surface area contributed by atoms with Crippen LogP contribution in [-0.4, -0.2) is 65.5 Å². The number of nitrogens with zero attached hydrogens (tertiary/aromatic N) is 4. The zero-order valence-electron chi connectivity index (χ0n) is 18.9. The van der Waals surface area contributed by atoms with Crippen LogP contribution in [0.1, 0.15) is 40.0 Å². The Morgan fingerprint density at radius 3 is 2.64 bits per heavy atom. The second-order valence-corrected chi connectivity index (χ2v) is 10.1. The van der Waals surface area contributed by atoms with Gasteiger partial charge in [0.05, 0.1) is 17.0 Å². The SMILES string of the molecule is CN1CCN(c2ccc(-c3cc4c(cn3)CCc3c-4[nH]c4c3C(=O)NCC43CC3)cn2)CC1. The summed E-state index contributed by atoms with van der Waals surface area (Å²) in [5.41, 5.74) is 8.90. The Morgan fingerprint density at radius 2 is 1.88 bits per heavy atom. The van der Waals surface area contributed by atoms with E-state index in [9.17, 15) is 4.79 Å². The molecule has 0 aromatic carbocycles. The summed E-state index contributed by atoms with van der Waals surface area (Å²) < 4.78 is 0. The molecule has 2 N–H and O–H groups in total. The van der Waals surface area contributed by atoms with E-state index in [0.29, 0.717) is 0 Å². The molecule has 7 heteroatoms. The van der Waals surface area contributed by atoms with Crippen LogP contribution in [0.15, 0.2) is 30.6 Å². The number of nitrogens with one attached hydrogen (secondary N) is 2. The highest BCUT2D eigenvalue weighted by Gasteiger charge is 2.51. The number of hydrogen-bond donors (Lipinski definition) is 2. The fourth-order valence-electron chi connectivity index (χ4n) is 5.76. The van der Waals surface area contributed by atoms with E-state index in [1.54, 1.807) is 0 Å². The molecule has 0 radical (unpaired) electrons. The quantitative estimate of drug-likeness (QED) is 0.641. The van der Waals surface area contributed by atoms with Crippen molar-refractivity contribution in [2.45, 2.75) is 31.1 Å². The molecule has 2 aliphatic heterocycles. The molecule has 33 heavy (non-hydrogen) atoms. The Balaban J connectivity index is 1.24. The standard InChI is InChI=1S/C26H28N6O/c1-31-8-10-32(11-9-31)21-5-3-17(14-28-21)20-12-19-16(13-27-20)2-4-18-22-24(30-23(18)19)26(6-7-26)15-29-25(22)33/h3,5,12-14,30H,2,4,6-11,15H2,1H3,(H,29,33). The molecule has 2 fully saturated rings. The van der Waals surface area contributed by atoms with Crippen molar-refractivity contribution >= 4 is 11.7 Å². The van der Waals surface area contributed by atoms with Crippen molar-refractivity contribution in [2.24, 2.45) is 0 Å². The topological polar surface area (TPSA) is 77.1 Å². The number of likely N-dealkylation sites (N-methyl/N-ethyl adjacent to an activating group) is 1. The molecule has 168 valence electrons. The van der Waals surface area contributed by atoms with Crippen LogP contribution in [0.4, 0.5) is 5.82 Å².